The van der Waals surface area contributed by atoms with Crippen molar-refractivity contribution in [1.29, 1.82) is 0 Å². The number of nitrogens with two attached hydrogens (primary N) is 2. The Kier molecular flexibility index (Phi) is 11.5. The molecule has 38 heavy (non-hydrogen) atoms. The third-order valence-electron chi connectivity index (χ3n) is 6.04. The van der Waals surface area contributed by atoms with Gasteiger partial charge < -0.3 is 35.5 Å². The average Bonchev–Trinajstić information content (AvgIpc) is 3.30. The molecule has 1 aromatic carbocycles. The zero-order chi connectivity index (χ0) is 27.4. The molecule has 0 aliphatic heterocycles. The number of hydrogen-bond donors (Lipinski definition) is 4. The maximum atomic E-state index is 12.5. The molecule has 1 amide bonds. The zero-order valence-electron chi connectivity index (χ0n) is 21.8. The lowest BCUT2D eigenvalue weighted by molar-refractivity contribution is -0.120. The number of hydrogen-bond acceptors (Lipinski definition) is 9. The van der Waals surface area contributed by atoms with E-state index in [1.807, 2.05) is 0 Å². The fourth-order valence-corrected chi connectivity index (χ4v) is 4.84. The number of carbonyl (C=O) groups excluding carboxylic acids is 1. The topological polar surface area (TPSA) is 180 Å². The van der Waals surface area contributed by atoms with Crippen LogP contribution in [-0.2, 0) is 27.1 Å². The van der Waals surface area contributed by atoms with Crippen molar-refractivity contribution in [1.82, 2.24) is 24.8 Å². The van der Waals surface area contributed by atoms with Crippen LogP contribution in [0.4, 0.5) is 5.82 Å². The van der Waals surface area contributed by atoms with E-state index in [2.05, 4.69) is 27.2 Å². The summed E-state index contributed by atoms with van der Waals surface area (Å²) >= 11 is 0. The first-order valence-corrected chi connectivity index (χ1v) is 14.7. The standard InChI is InChI=1S/C25H38N7O5P/c1-2-3-4-5-6-7-12-28-21(24(27)33)15-19-8-10-20(11-9-19)37-38(34,35)18-36-14-13-32-17-31-22-23(26)29-16-30-25(22)32/h8-11,16-17,21,28H,2-7,12-15,18H2,1H3,(H2,27,33)(H,34,35)(H2,26,29,30)/t21-/m0/s1. The van der Waals surface area contributed by atoms with Crippen LogP contribution in [0.25, 0.3) is 11.2 Å². The Balaban J connectivity index is 1.41. The van der Waals surface area contributed by atoms with E-state index in [0.717, 1.165) is 24.9 Å². The Hall–Kier alpha value is -3.05. The first kappa shape index (κ1) is 29.5. The quantitative estimate of drug-likeness (QED) is 0.136. The number of aromatic nitrogens is 4. The average molecular weight is 548 g/mol. The van der Waals surface area contributed by atoms with Gasteiger partial charge in [-0.05, 0) is 37.1 Å². The van der Waals surface area contributed by atoms with Gasteiger partial charge in [0.15, 0.2) is 17.8 Å². The Morgan fingerprint density at radius 1 is 1.13 bits per heavy atom. The van der Waals surface area contributed by atoms with Gasteiger partial charge in [-0.1, -0.05) is 51.2 Å². The second-order valence-electron chi connectivity index (χ2n) is 9.16. The van der Waals surface area contributed by atoms with Crippen LogP contribution in [-0.4, -0.2) is 55.9 Å². The zero-order valence-corrected chi connectivity index (χ0v) is 22.7. The number of unbranched alkanes of at least 4 members (excludes halogenated alkanes) is 5. The van der Waals surface area contributed by atoms with E-state index >= 15 is 0 Å². The maximum absolute atomic E-state index is 12.5. The SMILES string of the molecule is CCCCCCCCN[C@@H](Cc1ccc(OP(=O)(O)COCCn2cnc3c(N)ncnc32)cc1)C(N)=O. The summed E-state index contributed by atoms with van der Waals surface area (Å²) in [5, 5.41) is 3.24. The van der Waals surface area contributed by atoms with Crippen molar-refractivity contribution in [3.05, 3.63) is 42.5 Å². The fourth-order valence-electron chi connectivity index (χ4n) is 3.97. The number of primary amides is 1. The summed E-state index contributed by atoms with van der Waals surface area (Å²) in [7, 11) is -4.04. The highest BCUT2D eigenvalue weighted by Crippen LogP contribution is 2.42. The molecule has 2 atom stereocenters. The van der Waals surface area contributed by atoms with E-state index in [4.69, 9.17) is 20.7 Å². The van der Waals surface area contributed by atoms with Gasteiger partial charge in [0.2, 0.25) is 5.91 Å². The molecule has 0 saturated carbocycles. The van der Waals surface area contributed by atoms with Gasteiger partial charge in [0, 0.05) is 6.54 Å². The number of benzene rings is 1. The molecular weight excluding hydrogens is 509 g/mol. The molecular formula is C25H38N7O5P. The molecule has 2 heterocycles. The van der Waals surface area contributed by atoms with Gasteiger partial charge in [-0.15, -0.1) is 0 Å². The lowest BCUT2D eigenvalue weighted by atomic mass is 10.0. The largest absolute Gasteiger partial charge is 0.423 e. The normalized spacial score (nSPS) is 13.8. The third kappa shape index (κ3) is 9.36. The van der Waals surface area contributed by atoms with Gasteiger partial charge in [0.1, 0.15) is 17.6 Å². The molecule has 208 valence electrons. The highest BCUT2D eigenvalue weighted by Gasteiger charge is 2.22. The molecule has 3 rings (SSSR count). The van der Waals surface area contributed by atoms with E-state index < -0.39 is 25.9 Å². The molecule has 0 radical (unpaired) electrons. The second-order valence-corrected chi connectivity index (χ2v) is 10.9. The molecule has 0 saturated heterocycles. The summed E-state index contributed by atoms with van der Waals surface area (Å²) in [6.45, 7) is 3.42. The maximum Gasteiger partial charge on any atom is 0.402 e. The molecule has 0 fully saturated rings. The number of carbonyl (C=O) groups is 1. The highest BCUT2D eigenvalue weighted by molar-refractivity contribution is 7.53. The van der Waals surface area contributed by atoms with Crippen LogP contribution in [0.5, 0.6) is 5.75 Å². The van der Waals surface area contributed by atoms with Crippen molar-refractivity contribution >= 4 is 30.5 Å². The summed E-state index contributed by atoms with van der Waals surface area (Å²) < 4.78 is 24.8. The minimum Gasteiger partial charge on any atom is -0.423 e. The fraction of sp³-hybridized carbons (Fsp3) is 0.520. The first-order valence-electron chi connectivity index (χ1n) is 12.9. The van der Waals surface area contributed by atoms with Crippen molar-refractivity contribution in [2.75, 3.05) is 25.2 Å². The van der Waals surface area contributed by atoms with Crippen molar-refractivity contribution in [3.8, 4) is 5.75 Å². The summed E-state index contributed by atoms with van der Waals surface area (Å²) in [6.07, 6.45) is 9.88. The number of nitrogen functional groups attached to an aromatic ring is 1. The summed E-state index contributed by atoms with van der Waals surface area (Å²) in [5.74, 6) is 0.100. The van der Waals surface area contributed by atoms with Crippen LogP contribution in [0.15, 0.2) is 36.9 Å². The summed E-state index contributed by atoms with van der Waals surface area (Å²) in [4.78, 5) is 34.3. The number of imidazole rings is 1. The van der Waals surface area contributed by atoms with Crippen molar-refractivity contribution in [2.45, 2.75) is 64.5 Å². The van der Waals surface area contributed by atoms with Crippen molar-refractivity contribution in [2.24, 2.45) is 5.73 Å². The summed E-state index contributed by atoms with van der Waals surface area (Å²) in [6, 6.07) is 6.19. The summed E-state index contributed by atoms with van der Waals surface area (Å²) in [5.41, 5.74) is 13.3. The van der Waals surface area contributed by atoms with E-state index in [-0.39, 0.29) is 18.2 Å². The molecule has 6 N–H and O–H groups in total. The smallest absolute Gasteiger partial charge is 0.402 e. The molecule has 1 unspecified atom stereocenters. The number of fused-ring (bicyclic) bond motifs is 1. The predicted octanol–water partition coefficient (Wildman–Crippen LogP) is 2.99. The number of anilines is 1. The lowest BCUT2D eigenvalue weighted by Gasteiger charge is -2.17. The van der Waals surface area contributed by atoms with Gasteiger partial charge in [0.25, 0.3) is 0 Å². The first-order chi connectivity index (χ1) is 18.3. The van der Waals surface area contributed by atoms with E-state index in [0.29, 0.717) is 24.1 Å². The van der Waals surface area contributed by atoms with Gasteiger partial charge in [-0.2, -0.15) is 0 Å². The van der Waals surface area contributed by atoms with Crippen LogP contribution >= 0.6 is 7.60 Å². The highest BCUT2D eigenvalue weighted by atomic mass is 31.2. The van der Waals surface area contributed by atoms with E-state index in [1.54, 1.807) is 35.2 Å². The molecule has 0 bridgehead atoms. The van der Waals surface area contributed by atoms with Crippen molar-refractivity contribution in [3.63, 3.8) is 0 Å². The number of rotatable bonds is 18. The molecule has 0 spiro atoms. The molecule has 2 aromatic heterocycles. The van der Waals surface area contributed by atoms with E-state index in [1.165, 1.54) is 32.0 Å². The third-order valence-corrected chi connectivity index (χ3v) is 7.04. The van der Waals surface area contributed by atoms with Gasteiger partial charge in [-0.25, -0.2) is 19.5 Å². The number of amides is 1. The lowest BCUT2D eigenvalue weighted by Crippen LogP contribution is -2.43. The van der Waals surface area contributed by atoms with E-state index in [9.17, 15) is 14.3 Å². The Morgan fingerprint density at radius 2 is 1.87 bits per heavy atom. The minimum absolute atomic E-state index is 0.141. The minimum atomic E-state index is -4.04. The Morgan fingerprint density at radius 3 is 2.61 bits per heavy atom. The predicted molar refractivity (Wildman–Crippen MR) is 146 cm³/mol. The van der Waals surface area contributed by atoms with Crippen LogP contribution in [0, 0.1) is 0 Å². The molecule has 3 aromatic rings. The number of nitrogens with zero attached hydrogens (tertiary/aromatic N) is 4. The van der Waals surface area contributed by atoms with Gasteiger partial charge in [0.05, 0.1) is 19.0 Å². The Labute approximate surface area is 222 Å². The molecule has 0 aliphatic rings. The van der Waals surface area contributed by atoms with Crippen LogP contribution < -0.4 is 21.3 Å². The Bertz CT molecular complexity index is 1200. The number of nitrogens with one attached hydrogen (secondary N) is 1. The van der Waals surface area contributed by atoms with Gasteiger partial charge in [-0.3, -0.25) is 4.79 Å². The van der Waals surface area contributed by atoms with Crippen LogP contribution in [0.2, 0.25) is 0 Å². The molecule has 12 nitrogen and oxygen atoms in total. The molecule has 13 heteroatoms. The monoisotopic (exact) mass is 547 g/mol. The second kappa shape index (κ2) is 14.8. The van der Waals surface area contributed by atoms with Crippen LogP contribution in [0.3, 0.4) is 0 Å². The van der Waals surface area contributed by atoms with Crippen molar-refractivity contribution < 1.29 is 23.5 Å². The van der Waals surface area contributed by atoms with Gasteiger partial charge >= 0.3 is 7.60 Å². The van der Waals surface area contributed by atoms with Crippen LogP contribution in [0.1, 0.15) is 51.0 Å². The number of ether oxygens (including phenoxy) is 1. The molecule has 0 aliphatic carbocycles.